The lowest BCUT2D eigenvalue weighted by atomic mass is 10.1. The highest BCUT2D eigenvalue weighted by atomic mass is 79.9. The third-order valence-electron chi connectivity index (χ3n) is 2.22. The minimum Gasteiger partial charge on any atom is -0.483 e. The smallest absolute Gasteiger partial charge is 0.313 e. The lowest BCUT2D eigenvalue weighted by Crippen LogP contribution is -2.20. The molecule has 8 heteroatoms. The Balaban J connectivity index is 3.01. The number of amides is 1. The second kappa shape index (κ2) is 6.99. The molecule has 0 bridgehead atoms. The molecule has 108 valence electrons. The van der Waals surface area contributed by atoms with Crippen molar-refractivity contribution in [3.63, 3.8) is 0 Å². The number of ketones is 1. The molecule has 0 fully saturated rings. The first-order valence-electron chi connectivity index (χ1n) is 5.35. The Bertz CT molecular complexity index is 561. The van der Waals surface area contributed by atoms with Crippen LogP contribution in [-0.2, 0) is 14.3 Å². The summed E-state index contributed by atoms with van der Waals surface area (Å²) in [4.78, 5) is 33.4. The Labute approximate surface area is 122 Å². The molecule has 0 aromatic heterocycles. The van der Waals surface area contributed by atoms with E-state index in [1.54, 1.807) is 0 Å². The number of halogens is 2. The van der Waals surface area contributed by atoms with E-state index in [1.165, 1.54) is 0 Å². The van der Waals surface area contributed by atoms with Gasteiger partial charge in [-0.3, -0.25) is 14.4 Å². The standard InChI is InChI=1S/C12H11BrFNO5/c1-19-12(18)4-9(16)6-2-10(20-5-11(15)17)7(13)3-8(6)14/h2-3H,4-5H2,1H3,(H2,15,17). The van der Waals surface area contributed by atoms with Crippen LogP contribution in [-0.4, -0.2) is 31.4 Å². The van der Waals surface area contributed by atoms with Crippen LogP contribution in [0.25, 0.3) is 0 Å². The number of Topliss-reactive ketones (excluding diaryl/α,β-unsaturated/α-hetero) is 1. The molecule has 0 radical (unpaired) electrons. The van der Waals surface area contributed by atoms with Gasteiger partial charge in [0.25, 0.3) is 5.91 Å². The highest BCUT2D eigenvalue weighted by Crippen LogP contribution is 2.28. The van der Waals surface area contributed by atoms with Gasteiger partial charge in [-0.05, 0) is 28.1 Å². The fraction of sp³-hybridized carbons (Fsp3) is 0.250. The highest BCUT2D eigenvalue weighted by Gasteiger charge is 2.19. The van der Waals surface area contributed by atoms with Crippen LogP contribution in [0.2, 0.25) is 0 Å². The normalized spacial score (nSPS) is 9.95. The second-order valence-corrected chi connectivity index (χ2v) is 4.55. The first kappa shape index (κ1) is 16.1. The summed E-state index contributed by atoms with van der Waals surface area (Å²) < 4.78 is 23.2. The average molecular weight is 348 g/mol. The van der Waals surface area contributed by atoms with Gasteiger partial charge in [0.1, 0.15) is 18.0 Å². The lowest BCUT2D eigenvalue weighted by Gasteiger charge is -2.09. The monoisotopic (exact) mass is 347 g/mol. The molecule has 1 aromatic rings. The summed E-state index contributed by atoms with van der Waals surface area (Å²) in [5, 5.41) is 0. The van der Waals surface area contributed by atoms with Crippen molar-refractivity contribution < 1.29 is 28.2 Å². The predicted molar refractivity (Wildman–Crippen MR) is 69.8 cm³/mol. The van der Waals surface area contributed by atoms with Crippen LogP contribution in [0.15, 0.2) is 16.6 Å². The summed E-state index contributed by atoms with van der Waals surface area (Å²) in [6.45, 7) is -0.422. The summed E-state index contributed by atoms with van der Waals surface area (Å²) >= 11 is 3.02. The van der Waals surface area contributed by atoms with Crippen LogP contribution in [0.1, 0.15) is 16.8 Å². The van der Waals surface area contributed by atoms with E-state index in [1.807, 2.05) is 0 Å². The SMILES string of the molecule is COC(=O)CC(=O)c1cc(OCC(N)=O)c(Br)cc1F. The largest absolute Gasteiger partial charge is 0.483 e. The molecule has 20 heavy (non-hydrogen) atoms. The summed E-state index contributed by atoms with van der Waals surface area (Å²) in [5.74, 6) is -3.01. The first-order chi connectivity index (χ1) is 9.35. The Morgan fingerprint density at radius 1 is 1.35 bits per heavy atom. The van der Waals surface area contributed by atoms with Gasteiger partial charge in [-0.1, -0.05) is 0 Å². The molecule has 0 aliphatic rings. The molecule has 1 rings (SSSR count). The van der Waals surface area contributed by atoms with Gasteiger partial charge in [0, 0.05) is 0 Å². The van der Waals surface area contributed by atoms with Crippen LogP contribution in [0, 0.1) is 5.82 Å². The highest BCUT2D eigenvalue weighted by molar-refractivity contribution is 9.10. The average Bonchev–Trinajstić information content (AvgIpc) is 2.37. The van der Waals surface area contributed by atoms with Crippen LogP contribution >= 0.6 is 15.9 Å². The number of carbonyl (C=O) groups is 3. The molecular formula is C12H11BrFNO5. The van der Waals surface area contributed by atoms with E-state index in [4.69, 9.17) is 10.5 Å². The Morgan fingerprint density at radius 2 is 2.00 bits per heavy atom. The van der Waals surface area contributed by atoms with Crippen molar-refractivity contribution in [2.75, 3.05) is 13.7 Å². The third-order valence-corrected chi connectivity index (χ3v) is 2.84. The number of esters is 1. The Morgan fingerprint density at radius 3 is 2.55 bits per heavy atom. The van der Waals surface area contributed by atoms with Crippen molar-refractivity contribution in [1.82, 2.24) is 0 Å². The molecule has 6 nitrogen and oxygen atoms in total. The Hall–Kier alpha value is -1.96. The summed E-state index contributed by atoms with van der Waals surface area (Å²) in [6.07, 6.45) is -0.593. The second-order valence-electron chi connectivity index (χ2n) is 3.69. The number of rotatable bonds is 6. The number of primary amides is 1. The van der Waals surface area contributed by atoms with Crippen molar-refractivity contribution in [1.29, 1.82) is 0 Å². The van der Waals surface area contributed by atoms with E-state index in [-0.39, 0.29) is 15.8 Å². The maximum absolute atomic E-state index is 13.7. The topological polar surface area (TPSA) is 95.7 Å². The van der Waals surface area contributed by atoms with Crippen molar-refractivity contribution in [3.8, 4) is 5.75 Å². The maximum Gasteiger partial charge on any atom is 0.313 e. The Kier molecular flexibility index (Phi) is 5.63. The molecule has 0 heterocycles. The zero-order valence-electron chi connectivity index (χ0n) is 10.4. The van der Waals surface area contributed by atoms with Crippen LogP contribution < -0.4 is 10.5 Å². The van der Waals surface area contributed by atoms with Crippen molar-refractivity contribution in [2.45, 2.75) is 6.42 Å². The van der Waals surface area contributed by atoms with Crippen molar-refractivity contribution in [3.05, 3.63) is 28.0 Å². The summed E-state index contributed by atoms with van der Waals surface area (Å²) in [7, 11) is 1.12. The quantitative estimate of drug-likeness (QED) is 0.473. The van der Waals surface area contributed by atoms with E-state index in [0.29, 0.717) is 0 Å². The minimum absolute atomic E-state index is 0.0680. The zero-order chi connectivity index (χ0) is 15.3. The number of hydrogen-bond acceptors (Lipinski definition) is 5. The fourth-order valence-corrected chi connectivity index (χ4v) is 1.73. The number of carbonyl (C=O) groups excluding carboxylic acids is 3. The van der Waals surface area contributed by atoms with Gasteiger partial charge in [0.05, 0.1) is 17.1 Å². The van der Waals surface area contributed by atoms with Gasteiger partial charge >= 0.3 is 5.97 Å². The number of ether oxygens (including phenoxy) is 2. The maximum atomic E-state index is 13.7. The molecule has 1 amide bonds. The molecule has 0 aliphatic carbocycles. The van der Waals surface area contributed by atoms with Gasteiger partial charge in [0.2, 0.25) is 0 Å². The van der Waals surface area contributed by atoms with Gasteiger partial charge in [-0.15, -0.1) is 0 Å². The van der Waals surface area contributed by atoms with Crippen molar-refractivity contribution >= 4 is 33.6 Å². The minimum atomic E-state index is -0.822. The number of nitrogens with two attached hydrogens (primary N) is 1. The van der Waals surface area contributed by atoms with E-state index in [9.17, 15) is 18.8 Å². The predicted octanol–water partition coefficient (Wildman–Crippen LogP) is 1.20. The van der Waals surface area contributed by atoms with E-state index in [0.717, 1.165) is 19.2 Å². The van der Waals surface area contributed by atoms with Crippen LogP contribution in [0.5, 0.6) is 5.75 Å². The van der Waals surface area contributed by atoms with E-state index < -0.39 is 36.5 Å². The number of methoxy groups -OCH3 is 1. The molecule has 0 atom stereocenters. The van der Waals surface area contributed by atoms with E-state index >= 15 is 0 Å². The van der Waals surface area contributed by atoms with E-state index in [2.05, 4.69) is 20.7 Å². The summed E-state index contributed by atoms with van der Waals surface area (Å²) in [6, 6.07) is 2.09. The molecule has 1 aromatic carbocycles. The molecule has 0 spiro atoms. The first-order valence-corrected chi connectivity index (χ1v) is 6.14. The third kappa shape index (κ3) is 4.30. The van der Waals surface area contributed by atoms with Gasteiger partial charge in [-0.25, -0.2) is 4.39 Å². The van der Waals surface area contributed by atoms with Crippen LogP contribution in [0.3, 0.4) is 0 Å². The zero-order valence-corrected chi connectivity index (χ0v) is 12.0. The fourth-order valence-electron chi connectivity index (χ4n) is 1.30. The van der Waals surface area contributed by atoms with Gasteiger partial charge in [0.15, 0.2) is 12.4 Å². The molecule has 0 unspecified atom stereocenters. The lowest BCUT2D eigenvalue weighted by molar-refractivity contribution is -0.139. The molecule has 2 N–H and O–H groups in total. The molecule has 0 saturated heterocycles. The summed E-state index contributed by atoms with van der Waals surface area (Å²) in [5.41, 5.74) is 4.59. The molecule has 0 saturated carbocycles. The van der Waals surface area contributed by atoms with Crippen molar-refractivity contribution in [2.24, 2.45) is 5.73 Å². The number of benzene rings is 1. The molecular weight excluding hydrogens is 337 g/mol. The van der Waals surface area contributed by atoms with Crippen LogP contribution in [0.4, 0.5) is 4.39 Å². The van der Waals surface area contributed by atoms with Gasteiger partial charge < -0.3 is 15.2 Å². The number of hydrogen-bond donors (Lipinski definition) is 1. The molecule has 0 aliphatic heterocycles. The van der Waals surface area contributed by atoms with Gasteiger partial charge in [-0.2, -0.15) is 0 Å².